The Morgan fingerprint density at radius 1 is 0.965 bits per heavy atom. The number of nitrogens with one attached hydrogen (secondary N) is 2. The van der Waals surface area contributed by atoms with Gasteiger partial charge in [0.25, 0.3) is 5.91 Å². The van der Waals surface area contributed by atoms with E-state index in [4.69, 9.17) is 11.6 Å². The van der Waals surface area contributed by atoms with Gasteiger partial charge in [-0.25, -0.2) is 4.98 Å². The van der Waals surface area contributed by atoms with Crippen LogP contribution in [0.15, 0.2) is 60.8 Å². The molecule has 0 saturated carbocycles. The second-order valence-corrected chi connectivity index (χ2v) is 17.5. The van der Waals surface area contributed by atoms with Crippen LogP contribution < -0.4 is 25.3 Å². The first-order chi connectivity index (χ1) is 27.6. The van der Waals surface area contributed by atoms with Crippen molar-refractivity contribution in [2.24, 2.45) is 11.3 Å². The Bertz CT molecular complexity index is 1970. The van der Waals surface area contributed by atoms with Crippen molar-refractivity contribution < 1.29 is 14.4 Å². The second-order valence-electron chi connectivity index (χ2n) is 17.1. The Labute approximate surface area is 341 Å². The highest BCUT2D eigenvalue weighted by atomic mass is 35.5. The zero-order valence-electron chi connectivity index (χ0n) is 33.0. The summed E-state index contributed by atoms with van der Waals surface area (Å²) in [6, 6.07) is 20.6. The highest BCUT2D eigenvalue weighted by Crippen LogP contribution is 2.46. The number of piperazine rings is 1. The van der Waals surface area contributed by atoms with E-state index in [1.165, 1.54) is 0 Å². The number of aldehydes is 1. The van der Waals surface area contributed by atoms with Gasteiger partial charge in [-0.3, -0.25) is 14.5 Å². The van der Waals surface area contributed by atoms with Gasteiger partial charge in [0, 0.05) is 102 Å². The number of carbonyl (C=O) groups is 3. The minimum Gasteiger partial charge on any atom is -0.372 e. The summed E-state index contributed by atoms with van der Waals surface area (Å²) < 4.78 is 0. The Morgan fingerprint density at radius 3 is 2.39 bits per heavy atom. The Hall–Kier alpha value is -4.86. The lowest BCUT2D eigenvalue weighted by molar-refractivity contribution is -0.124. The molecule has 300 valence electrons. The van der Waals surface area contributed by atoms with Crippen LogP contribution in [0.4, 0.5) is 22.7 Å². The van der Waals surface area contributed by atoms with E-state index in [9.17, 15) is 19.6 Å². The smallest absolute Gasteiger partial charge is 0.272 e. The number of hydrogen-bond donors (Lipinski definition) is 2. The van der Waals surface area contributed by atoms with E-state index >= 15 is 0 Å². The minimum absolute atomic E-state index is 0.0113. The van der Waals surface area contributed by atoms with Crippen LogP contribution in [0.2, 0.25) is 5.02 Å². The lowest BCUT2D eigenvalue weighted by Crippen LogP contribution is -2.54. The normalized spacial score (nSPS) is 24.3. The summed E-state index contributed by atoms with van der Waals surface area (Å²) in [4.78, 5) is 53.6. The summed E-state index contributed by atoms with van der Waals surface area (Å²) in [6.07, 6.45) is 8.98. The van der Waals surface area contributed by atoms with Crippen molar-refractivity contribution >= 4 is 52.5 Å². The molecular weight excluding hydrogens is 738 g/mol. The van der Waals surface area contributed by atoms with Gasteiger partial charge in [0.15, 0.2) is 0 Å². The Morgan fingerprint density at radius 2 is 1.72 bits per heavy atom. The van der Waals surface area contributed by atoms with Crippen LogP contribution in [0, 0.1) is 22.7 Å². The van der Waals surface area contributed by atoms with Crippen LogP contribution in [0.25, 0.3) is 0 Å². The van der Waals surface area contributed by atoms with Gasteiger partial charge in [-0.1, -0.05) is 17.7 Å². The number of anilines is 4. The van der Waals surface area contributed by atoms with E-state index in [-0.39, 0.29) is 17.2 Å². The zero-order valence-corrected chi connectivity index (χ0v) is 33.7. The molecule has 5 fully saturated rings. The van der Waals surface area contributed by atoms with Crippen LogP contribution in [0.5, 0.6) is 0 Å². The number of pyridine rings is 1. The van der Waals surface area contributed by atoms with Crippen molar-refractivity contribution in [1.29, 1.82) is 5.26 Å². The van der Waals surface area contributed by atoms with Gasteiger partial charge in [-0.2, -0.15) is 5.26 Å². The molecule has 2 atom stereocenters. The van der Waals surface area contributed by atoms with Crippen molar-refractivity contribution in [3.63, 3.8) is 0 Å². The number of likely N-dealkylation sites (tertiary alicyclic amines) is 1. The van der Waals surface area contributed by atoms with Crippen LogP contribution in [-0.4, -0.2) is 116 Å². The number of nitrogens with zero attached hydrogens (tertiary/aromatic N) is 7. The number of hydrogen-bond acceptors (Lipinski definition) is 10. The van der Waals surface area contributed by atoms with Gasteiger partial charge < -0.3 is 35.0 Å². The monoisotopic (exact) mass is 791 g/mol. The highest BCUT2D eigenvalue weighted by molar-refractivity contribution is 6.32. The Balaban J connectivity index is 0.766. The van der Waals surface area contributed by atoms with Crippen molar-refractivity contribution in [3.05, 3.63) is 77.1 Å². The average Bonchev–Trinajstić information content (AvgIpc) is 3.57. The number of carbonyl (C=O) groups excluding carboxylic acids is 3. The lowest BCUT2D eigenvalue weighted by atomic mass is 9.76. The van der Waals surface area contributed by atoms with Gasteiger partial charge in [0.05, 0.1) is 22.5 Å². The standard InChI is InChI=1S/C44H54ClN9O3/c1-32-25-43(30-54(32)37-6-5-34(26-46)39(45)24-37)13-17-51(18-14-43)38-7-8-40(47-27-38)42(57)53-15-10-33(11-16-53)28-50-19-21-52(22-20-50)36-4-2-3-35(23-36)49-44(31-55)12-9-41(56)48-29-44/h2-8,23-24,27,31-33,49H,9-22,25,28-30H2,1H3,(H,48,56). The summed E-state index contributed by atoms with van der Waals surface area (Å²) in [5.74, 6) is 0.583. The topological polar surface area (TPSA) is 128 Å². The molecule has 1 aromatic heterocycles. The third-order valence-electron chi connectivity index (χ3n) is 13.3. The average molecular weight is 792 g/mol. The largest absolute Gasteiger partial charge is 0.372 e. The van der Waals surface area contributed by atoms with Crippen molar-refractivity contribution in [1.82, 2.24) is 20.1 Å². The van der Waals surface area contributed by atoms with Crippen LogP contribution in [0.1, 0.15) is 67.9 Å². The fourth-order valence-corrected chi connectivity index (χ4v) is 10.1. The summed E-state index contributed by atoms with van der Waals surface area (Å²) in [6.45, 7) is 11.9. The molecule has 12 nitrogen and oxygen atoms in total. The SMILES string of the molecule is CC1CC2(CCN(c3ccc(C(=O)N4CCC(CN5CCN(c6cccc(NC7(C=O)CCC(=O)NC7)c6)CC5)CC4)nc3)CC2)CN1c1ccc(C#N)c(Cl)c1. The molecule has 1 spiro atoms. The second kappa shape index (κ2) is 16.5. The zero-order chi connectivity index (χ0) is 39.6. The molecule has 0 bridgehead atoms. The molecule has 2 unspecified atom stereocenters. The number of amides is 2. The summed E-state index contributed by atoms with van der Waals surface area (Å²) in [5, 5.41) is 16.0. The van der Waals surface area contributed by atoms with Crippen molar-refractivity contribution in [2.45, 2.75) is 63.5 Å². The molecule has 8 rings (SSSR count). The first kappa shape index (κ1) is 39.0. The number of rotatable bonds is 9. The predicted molar refractivity (Wildman–Crippen MR) is 224 cm³/mol. The molecule has 0 aliphatic carbocycles. The van der Waals surface area contributed by atoms with Gasteiger partial charge >= 0.3 is 0 Å². The summed E-state index contributed by atoms with van der Waals surface area (Å²) in [5.41, 5.74) is 4.72. The number of halogens is 1. The Kier molecular flexibility index (Phi) is 11.3. The molecular formula is C44H54ClN9O3. The molecule has 0 radical (unpaired) electrons. The fourth-order valence-electron chi connectivity index (χ4n) is 9.85. The maximum Gasteiger partial charge on any atom is 0.272 e. The van der Waals surface area contributed by atoms with Gasteiger partial charge in [-0.15, -0.1) is 0 Å². The number of nitriles is 1. The first-order valence-corrected chi connectivity index (χ1v) is 21.1. The van der Waals surface area contributed by atoms with Crippen LogP contribution in [0.3, 0.4) is 0 Å². The first-order valence-electron chi connectivity index (χ1n) is 20.7. The number of piperidine rings is 3. The molecule has 2 amide bonds. The van der Waals surface area contributed by atoms with Crippen molar-refractivity contribution in [2.75, 3.05) is 92.0 Å². The van der Waals surface area contributed by atoms with Crippen LogP contribution >= 0.6 is 11.6 Å². The van der Waals surface area contributed by atoms with E-state index in [1.54, 1.807) is 0 Å². The fraction of sp³-hybridized carbons (Fsp3) is 0.523. The van der Waals surface area contributed by atoms with E-state index in [0.717, 1.165) is 127 Å². The third-order valence-corrected chi connectivity index (χ3v) is 13.7. The molecule has 2 aromatic carbocycles. The van der Waals surface area contributed by atoms with Crippen molar-refractivity contribution in [3.8, 4) is 6.07 Å². The van der Waals surface area contributed by atoms with E-state index in [0.29, 0.717) is 47.6 Å². The van der Waals surface area contributed by atoms with E-state index < -0.39 is 5.54 Å². The van der Waals surface area contributed by atoms with Gasteiger partial charge in [0.2, 0.25) is 5.91 Å². The maximum absolute atomic E-state index is 13.5. The lowest BCUT2D eigenvalue weighted by Gasteiger charge is -2.40. The minimum atomic E-state index is -0.768. The molecule has 57 heavy (non-hydrogen) atoms. The van der Waals surface area contributed by atoms with E-state index in [1.807, 2.05) is 47.5 Å². The predicted octanol–water partition coefficient (Wildman–Crippen LogP) is 5.43. The highest BCUT2D eigenvalue weighted by Gasteiger charge is 2.44. The molecule has 2 N–H and O–H groups in total. The molecule has 5 saturated heterocycles. The van der Waals surface area contributed by atoms with Crippen LogP contribution in [-0.2, 0) is 9.59 Å². The summed E-state index contributed by atoms with van der Waals surface area (Å²) >= 11 is 6.38. The third kappa shape index (κ3) is 8.56. The molecule has 3 aromatic rings. The number of aromatic nitrogens is 1. The van der Waals surface area contributed by atoms with Gasteiger partial charge in [-0.05, 0) is 105 Å². The molecule has 13 heteroatoms. The maximum atomic E-state index is 13.5. The number of benzene rings is 2. The van der Waals surface area contributed by atoms with E-state index in [2.05, 4.69) is 66.4 Å². The molecule has 5 aliphatic heterocycles. The van der Waals surface area contributed by atoms with Gasteiger partial charge in [0.1, 0.15) is 23.6 Å². The quantitative estimate of drug-likeness (QED) is 0.271. The molecule has 5 aliphatic rings. The molecule has 6 heterocycles. The summed E-state index contributed by atoms with van der Waals surface area (Å²) in [7, 11) is 0.